The summed E-state index contributed by atoms with van der Waals surface area (Å²) >= 11 is 1.44. The largest absolute Gasteiger partial charge is 0.325 e. The third-order valence-corrected chi connectivity index (χ3v) is 5.68. The van der Waals surface area contributed by atoms with Gasteiger partial charge in [0.25, 0.3) is 0 Å². The van der Waals surface area contributed by atoms with E-state index in [1.165, 1.54) is 22.9 Å². The van der Waals surface area contributed by atoms with Crippen LogP contribution in [-0.4, -0.2) is 25.9 Å². The van der Waals surface area contributed by atoms with Crippen molar-refractivity contribution in [2.75, 3.05) is 5.32 Å². The topological polar surface area (TPSA) is 59.8 Å². The van der Waals surface area contributed by atoms with E-state index in [2.05, 4.69) is 46.1 Å². The Morgan fingerprint density at radius 2 is 1.75 bits per heavy atom. The molecule has 3 rings (SSSR count). The van der Waals surface area contributed by atoms with E-state index in [1.54, 1.807) is 0 Å². The van der Waals surface area contributed by atoms with E-state index in [-0.39, 0.29) is 11.2 Å². The van der Waals surface area contributed by atoms with E-state index in [4.69, 9.17) is 0 Å². The second kappa shape index (κ2) is 9.55. The number of rotatable bonds is 8. The minimum Gasteiger partial charge on any atom is -0.325 e. The zero-order valence-corrected chi connectivity index (χ0v) is 17.4. The zero-order chi connectivity index (χ0) is 19.9. The maximum atomic E-state index is 12.6. The molecule has 0 aliphatic carbocycles. The lowest BCUT2D eigenvalue weighted by molar-refractivity contribution is -0.115. The fraction of sp³-hybridized carbons (Fsp3) is 0.318. The Bertz CT molecular complexity index is 906. The minimum absolute atomic E-state index is 0.0375. The van der Waals surface area contributed by atoms with Gasteiger partial charge in [-0.2, -0.15) is 0 Å². The van der Waals surface area contributed by atoms with Gasteiger partial charge in [-0.1, -0.05) is 61.2 Å². The number of nitrogens with zero attached hydrogens (tertiary/aromatic N) is 3. The molecular formula is C22H26N4OS. The minimum atomic E-state index is -0.273. The predicted molar refractivity (Wildman–Crippen MR) is 115 cm³/mol. The number of aryl methyl sites for hydroxylation is 1. The van der Waals surface area contributed by atoms with Crippen LogP contribution in [0, 0.1) is 0 Å². The van der Waals surface area contributed by atoms with E-state index in [9.17, 15) is 4.79 Å². The van der Waals surface area contributed by atoms with Crippen molar-refractivity contribution in [2.24, 2.45) is 0 Å². The first kappa shape index (κ1) is 20.1. The Morgan fingerprint density at radius 3 is 2.39 bits per heavy atom. The molecule has 1 aromatic heterocycles. The van der Waals surface area contributed by atoms with E-state index < -0.39 is 0 Å². The molecule has 3 aromatic rings. The van der Waals surface area contributed by atoms with Gasteiger partial charge < -0.3 is 9.88 Å². The maximum Gasteiger partial charge on any atom is 0.237 e. The highest BCUT2D eigenvalue weighted by Gasteiger charge is 2.20. The van der Waals surface area contributed by atoms with Gasteiger partial charge in [-0.25, -0.2) is 0 Å². The molecule has 1 unspecified atom stereocenters. The molecule has 5 nitrogen and oxygen atoms in total. The van der Waals surface area contributed by atoms with Crippen LogP contribution in [-0.2, 0) is 24.2 Å². The molecule has 0 bridgehead atoms. The molecule has 2 aromatic carbocycles. The van der Waals surface area contributed by atoms with Crippen molar-refractivity contribution in [1.82, 2.24) is 14.8 Å². The number of thioether (sulfide) groups is 1. The maximum absolute atomic E-state index is 12.6. The van der Waals surface area contributed by atoms with Crippen molar-refractivity contribution in [3.8, 4) is 0 Å². The highest BCUT2D eigenvalue weighted by atomic mass is 32.2. The molecule has 1 N–H and O–H groups in total. The van der Waals surface area contributed by atoms with E-state index in [0.29, 0.717) is 0 Å². The second-order valence-electron chi connectivity index (χ2n) is 6.61. The van der Waals surface area contributed by atoms with Crippen LogP contribution in [0.1, 0.15) is 37.7 Å². The van der Waals surface area contributed by atoms with Gasteiger partial charge in [-0.3, -0.25) is 4.79 Å². The molecule has 1 amide bonds. The van der Waals surface area contributed by atoms with Crippen LogP contribution in [0.2, 0.25) is 0 Å². The van der Waals surface area contributed by atoms with Gasteiger partial charge in [0.15, 0.2) is 5.16 Å². The summed E-state index contributed by atoms with van der Waals surface area (Å²) in [6.07, 6.45) is 1.71. The van der Waals surface area contributed by atoms with E-state index in [0.717, 1.165) is 36.1 Å². The third-order valence-electron chi connectivity index (χ3n) is 4.60. The Labute approximate surface area is 170 Å². The molecule has 6 heteroatoms. The lowest BCUT2D eigenvalue weighted by Gasteiger charge is -2.13. The van der Waals surface area contributed by atoms with Crippen molar-refractivity contribution in [1.29, 1.82) is 0 Å². The lowest BCUT2D eigenvalue weighted by atomic mass is 10.1. The van der Waals surface area contributed by atoms with Gasteiger partial charge >= 0.3 is 0 Å². The monoisotopic (exact) mass is 394 g/mol. The number of amides is 1. The first-order valence-electron chi connectivity index (χ1n) is 9.63. The van der Waals surface area contributed by atoms with E-state index in [1.807, 2.05) is 49.4 Å². The Morgan fingerprint density at radius 1 is 1.04 bits per heavy atom. The Kier molecular flexibility index (Phi) is 6.87. The van der Waals surface area contributed by atoms with Crippen LogP contribution in [0.25, 0.3) is 0 Å². The summed E-state index contributed by atoms with van der Waals surface area (Å²) in [5.74, 6) is 0.878. The average molecular weight is 395 g/mol. The number of anilines is 1. The Hall–Kier alpha value is -2.60. The molecule has 146 valence electrons. The van der Waals surface area contributed by atoms with E-state index >= 15 is 0 Å². The number of carbonyl (C=O) groups excluding carboxylic acids is 1. The third kappa shape index (κ3) is 5.01. The summed E-state index contributed by atoms with van der Waals surface area (Å²) < 4.78 is 2.08. The number of hydrogen-bond acceptors (Lipinski definition) is 4. The molecule has 1 atom stereocenters. The average Bonchev–Trinajstić information content (AvgIpc) is 3.10. The fourth-order valence-electron chi connectivity index (χ4n) is 2.91. The smallest absolute Gasteiger partial charge is 0.237 e. The first-order valence-corrected chi connectivity index (χ1v) is 10.5. The molecule has 0 spiro atoms. The van der Waals surface area contributed by atoms with Crippen LogP contribution in [0.5, 0.6) is 0 Å². The van der Waals surface area contributed by atoms with Crippen molar-refractivity contribution >= 4 is 23.4 Å². The van der Waals surface area contributed by atoms with Crippen LogP contribution >= 0.6 is 11.8 Å². The van der Waals surface area contributed by atoms with Crippen molar-refractivity contribution in [2.45, 2.75) is 50.6 Å². The van der Waals surface area contributed by atoms with Crippen molar-refractivity contribution in [3.63, 3.8) is 0 Å². The quantitative estimate of drug-likeness (QED) is 0.569. The summed E-state index contributed by atoms with van der Waals surface area (Å²) in [6, 6.07) is 18.2. The van der Waals surface area contributed by atoms with Gasteiger partial charge in [-0.05, 0) is 43.5 Å². The predicted octanol–water partition coefficient (Wildman–Crippen LogP) is 4.57. The normalized spacial score (nSPS) is 12.0. The molecule has 0 aliphatic rings. The van der Waals surface area contributed by atoms with Crippen LogP contribution < -0.4 is 5.32 Å². The SMILES string of the molecule is CCc1ccc(NC(=O)C(C)Sc2nnc(Cc3ccccc3)n2CC)cc1. The summed E-state index contributed by atoms with van der Waals surface area (Å²) in [6.45, 7) is 6.85. The molecule has 0 fully saturated rings. The van der Waals surface area contributed by atoms with Gasteiger partial charge in [0.1, 0.15) is 5.82 Å². The van der Waals surface area contributed by atoms with Crippen molar-refractivity contribution < 1.29 is 4.79 Å². The molecule has 1 heterocycles. The number of hydrogen-bond donors (Lipinski definition) is 1. The van der Waals surface area contributed by atoms with Crippen LogP contribution in [0.3, 0.4) is 0 Å². The fourth-order valence-corrected chi connectivity index (χ4v) is 3.84. The van der Waals surface area contributed by atoms with Gasteiger partial charge in [0.2, 0.25) is 5.91 Å². The van der Waals surface area contributed by atoms with Crippen LogP contribution in [0.15, 0.2) is 59.8 Å². The summed E-state index contributed by atoms with van der Waals surface area (Å²) in [5.41, 5.74) is 3.27. The van der Waals surface area contributed by atoms with Crippen LogP contribution in [0.4, 0.5) is 5.69 Å². The highest BCUT2D eigenvalue weighted by molar-refractivity contribution is 8.00. The lowest BCUT2D eigenvalue weighted by Crippen LogP contribution is -2.23. The number of nitrogens with one attached hydrogen (secondary N) is 1. The molecule has 0 radical (unpaired) electrons. The zero-order valence-electron chi connectivity index (χ0n) is 16.6. The molecule has 28 heavy (non-hydrogen) atoms. The standard InChI is InChI=1S/C22H26N4OS/c1-4-17-11-13-19(14-12-17)23-21(27)16(3)28-22-25-24-20(26(22)5-2)15-18-9-7-6-8-10-18/h6-14,16H,4-5,15H2,1-3H3,(H,23,27). The van der Waals surface area contributed by atoms with Gasteiger partial charge in [0.05, 0.1) is 5.25 Å². The summed E-state index contributed by atoms with van der Waals surface area (Å²) in [7, 11) is 0. The molecule has 0 saturated heterocycles. The van der Waals surface area contributed by atoms with Gasteiger partial charge in [0, 0.05) is 18.7 Å². The van der Waals surface area contributed by atoms with Crippen molar-refractivity contribution in [3.05, 3.63) is 71.5 Å². The Balaban J connectivity index is 1.65. The highest BCUT2D eigenvalue weighted by Crippen LogP contribution is 2.24. The molecular weight excluding hydrogens is 368 g/mol. The number of aromatic nitrogens is 3. The number of benzene rings is 2. The molecule has 0 saturated carbocycles. The summed E-state index contributed by atoms with van der Waals surface area (Å²) in [5, 5.41) is 12.2. The molecule has 0 aliphatic heterocycles. The second-order valence-corrected chi connectivity index (χ2v) is 7.91. The first-order chi connectivity index (χ1) is 13.6. The summed E-state index contributed by atoms with van der Waals surface area (Å²) in [4.78, 5) is 12.6. The van der Waals surface area contributed by atoms with Gasteiger partial charge in [-0.15, -0.1) is 10.2 Å². The number of carbonyl (C=O) groups is 1.